The molecule has 23 heavy (non-hydrogen) atoms. The summed E-state index contributed by atoms with van der Waals surface area (Å²) in [7, 11) is 0. The van der Waals surface area contributed by atoms with Crippen LogP contribution in [0.15, 0.2) is 42.5 Å². The maximum atomic E-state index is 12.9. The highest BCUT2D eigenvalue weighted by Gasteiger charge is 2.40. The Labute approximate surface area is 141 Å². The average molecular weight is 353 g/mol. The molecule has 2 aromatic carbocycles. The number of halogens is 3. The first-order valence-electron chi connectivity index (χ1n) is 6.79. The SMILES string of the molecule is O=C1CC(Nc2ccc(F)cc2)C(=O)N1c1ccc(Cl)cc1Cl. The van der Waals surface area contributed by atoms with Gasteiger partial charge in [-0.15, -0.1) is 0 Å². The third kappa shape index (κ3) is 3.16. The van der Waals surface area contributed by atoms with E-state index in [9.17, 15) is 14.0 Å². The summed E-state index contributed by atoms with van der Waals surface area (Å²) in [5.74, 6) is -1.15. The van der Waals surface area contributed by atoms with Crippen molar-refractivity contribution in [3.63, 3.8) is 0 Å². The van der Waals surface area contributed by atoms with Crippen LogP contribution in [0.2, 0.25) is 10.0 Å². The standard InChI is InChI=1S/C16H11Cl2FN2O2/c17-9-1-6-14(12(18)7-9)21-15(22)8-13(16(21)23)20-11-4-2-10(19)3-5-11/h1-7,13,20H,8H2. The molecule has 1 saturated heterocycles. The van der Waals surface area contributed by atoms with Crippen LogP contribution in [0.5, 0.6) is 0 Å². The highest BCUT2D eigenvalue weighted by Crippen LogP contribution is 2.32. The van der Waals surface area contributed by atoms with Gasteiger partial charge in [0.2, 0.25) is 5.91 Å². The number of nitrogens with one attached hydrogen (secondary N) is 1. The van der Waals surface area contributed by atoms with Crippen LogP contribution >= 0.6 is 23.2 Å². The molecule has 2 amide bonds. The van der Waals surface area contributed by atoms with E-state index < -0.39 is 11.9 Å². The van der Waals surface area contributed by atoms with E-state index in [1.54, 1.807) is 6.07 Å². The van der Waals surface area contributed by atoms with Crippen molar-refractivity contribution in [2.75, 3.05) is 10.2 Å². The minimum atomic E-state index is -0.722. The number of carbonyl (C=O) groups excluding carboxylic acids is 2. The van der Waals surface area contributed by atoms with Gasteiger partial charge in [-0.3, -0.25) is 9.59 Å². The van der Waals surface area contributed by atoms with Crippen molar-refractivity contribution in [3.8, 4) is 0 Å². The first-order valence-corrected chi connectivity index (χ1v) is 7.55. The summed E-state index contributed by atoms with van der Waals surface area (Å²) in [5, 5.41) is 3.57. The second kappa shape index (κ2) is 6.18. The minimum Gasteiger partial charge on any atom is -0.373 e. The van der Waals surface area contributed by atoms with E-state index in [0.717, 1.165) is 4.90 Å². The number of hydrogen-bond donors (Lipinski definition) is 1. The lowest BCUT2D eigenvalue weighted by atomic mass is 10.2. The highest BCUT2D eigenvalue weighted by atomic mass is 35.5. The predicted molar refractivity (Wildman–Crippen MR) is 87.4 cm³/mol. The molecule has 0 aliphatic carbocycles. The van der Waals surface area contributed by atoms with Crippen LogP contribution in [0, 0.1) is 5.82 Å². The molecule has 1 aliphatic rings. The second-order valence-corrected chi connectivity index (χ2v) is 5.91. The van der Waals surface area contributed by atoms with E-state index in [4.69, 9.17) is 23.2 Å². The van der Waals surface area contributed by atoms with Gasteiger partial charge in [-0.25, -0.2) is 9.29 Å². The van der Waals surface area contributed by atoms with E-state index in [1.165, 1.54) is 36.4 Å². The van der Waals surface area contributed by atoms with Crippen LogP contribution in [0.4, 0.5) is 15.8 Å². The minimum absolute atomic E-state index is 0.00480. The lowest BCUT2D eigenvalue weighted by Crippen LogP contribution is -2.35. The number of nitrogens with zero attached hydrogens (tertiary/aromatic N) is 1. The molecule has 0 saturated carbocycles. The maximum absolute atomic E-state index is 12.9. The van der Waals surface area contributed by atoms with Crippen LogP contribution in [0.25, 0.3) is 0 Å². The fraction of sp³-hybridized carbons (Fsp3) is 0.125. The number of rotatable bonds is 3. The number of anilines is 2. The third-order valence-corrected chi connectivity index (χ3v) is 4.02. The lowest BCUT2D eigenvalue weighted by Gasteiger charge is -2.17. The smallest absolute Gasteiger partial charge is 0.256 e. The number of benzene rings is 2. The zero-order valence-corrected chi connectivity index (χ0v) is 13.2. The zero-order valence-electron chi connectivity index (χ0n) is 11.7. The highest BCUT2D eigenvalue weighted by molar-refractivity contribution is 6.38. The molecule has 4 nitrogen and oxygen atoms in total. The van der Waals surface area contributed by atoms with Crippen molar-refractivity contribution in [2.24, 2.45) is 0 Å². The third-order valence-electron chi connectivity index (χ3n) is 3.48. The fourth-order valence-corrected chi connectivity index (χ4v) is 2.90. The molecule has 2 aromatic rings. The van der Waals surface area contributed by atoms with Crippen LogP contribution in [0.3, 0.4) is 0 Å². The number of amides is 2. The van der Waals surface area contributed by atoms with Gasteiger partial charge >= 0.3 is 0 Å². The Morgan fingerprint density at radius 1 is 1.09 bits per heavy atom. The molecule has 1 unspecified atom stereocenters. The number of hydrogen-bond acceptors (Lipinski definition) is 3. The van der Waals surface area contributed by atoms with E-state index in [0.29, 0.717) is 16.4 Å². The number of imide groups is 1. The van der Waals surface area contributed by atoms with Crippen LogP contribution in [0.1, 0.15) is 6.42 Å². The number of carbonyl (C=O) groups is 2. The summed E-state index contributed by atoms with van der Waals surface area (Å²) in [6.45, 7) is 0. The average Bonchev–Trinajstić information content (AvgIpc) is 2.77. The molecule has 1 atom stereocenters. The molecule has 1 N–H and O–H groups in total. The molecule has 7 heteroatoms. The Balaban J connectivity index is 1.83. The Morgan fingerprint density at radius 3 is 2.43 bits per heavy atom. The Hall–Kier alpha value is -2.11. The molecular formula is C16H11Cl2FN2O2. The Bertz CT molecular complexity index is 780. The first kappa shape index (κ1) is 15.8. The van der Waals surface area contributed by atoms with Gasteiger partial charge in [0, 0.05) is 10.7 Å². The van der Waals surface area contributed by atoms with E-state index in [-0.39, 0.29) is 23.2 Å². The van der Waals surface area contributed by atoms with E-state index in [2.05, 4.69) is 5.32 Å². The van der Waals surface area contributed by atoms with E-state index in [1.807, 2.05) is 0 Å². The van der Waals surface area contributed by atoms with E-state index >= 15 is 0 Å². The monoisotopic (exact) mass is 352 g/mol. The fourth-order valence-electron chi connectivity index (χ4n) is 2.41. The van der Waals surface area contributed by atoms with Crippen LogP contribution in [-0.2, 0) is 9.59 Å². The molecule has 0 aromatic heterocycles. The quantitative estimate of drug-likeness (QED) is 0.852. The molecule has 3 rings (SSSR count). The van der Waals surface area contributed by atoms with Gasteiger partial charge in [0.15, 0.2) is 0 Å². The molecule has 0 spiro atoms. The van der Waals surface area contributed by atoms with Gasteiger partial charge in [-0.05, 0) is 42.5 Å². The molecule has 1 heterocycles. The topological polar surface area (TPSA) is 49.4 Å². The summed E-state index contributed by atoms with van der Waals surface area (Å²) in [5.41, 5.74) is 0.857. The van der Waals surface area contributed by atoms with Crippen molar-refractivity contribution in [1.29, 1.82) is 0 Å². The molecular weight excluding hydrogens is 342 g/mol. The summed E-state index contributed by atoms with van der Waals surface area (Å²) >= 11 is 11.9. The van der Waals surface area contributed by atoms with Gasteiger partial charge in [0.25, 0.3) is 5.91 Å². The maximum Gasteiger partial charge on any atom is 0.256 e. The van der Waals surface area contributed by atoms with Crippen LogP contribution in [-0.4, -0.2) is 17.9 Å². The lowest BCUT2D eigenvalue weighted by molar-refractivity contribution is -0.121. The van der Waals surface area contributed by atoms with Gasteiger partial charge in [-0.1, -0.05) is 23.2 Å². The largest absolute Gasteiger partial charge is 0.373 e. The normalized spacial score (nSPS) is 17.7. The first-order chi connectivity index (χ1) is 11.0. The van der Waals surface area contributed by atoms with Gasteiger partial charge < -0.3 is 5.32 Å². The molecule has 0 radical (unpaired) electrons. The zero-order chi connectivity index (χ0) is 16.6. The molecule has 0 bridgehead atoms. The Morgan fingerprint density at radius 2 is 1.78 bits per heavy atom. The Kier molecular flexibility index (Phi) is 4.24. The summed E-state index contributed by atoms with van der Waals surface area (Å²) in [6.07, 6.45) is -0.00480. The summed E-state index contributed by atoms with van der Waals surface area (Å²) in [4.78, 5) is 25.7. The molecule has 118 valence electrons. The van der Waals surface area contributed by atoms with Crippen molar-refractivity contribution in [1.82, 2.24) is 0 Å². The van der Waals surface area contributed by atoms with Crippen molar-refractivity contribution < 1.29 is 14.0 Å². The van der Waals surface area contributed by atoms with Gasteiger partial charge in [0.1, 0.15) is 11.9 Å². The van der Waals surface area contributed by atoms with Gasteiger partial charge in [-0.2, -0.15) is 0 Å². The summed E-state index contributed by atoms with van der Waals surface area (Å²) < 4.78 is 12.9. The van der Waals surface area contributed by atoms with Crippen molar-refractivity contribution >= 4 is 46.4 Å². The predicted octanol–water partition coefficient (Wildman–Crippen LogP) is 3.88. The molecule has 1 aliphatic heterocycles. The van der Waals surface area contributed by atoms with Crippen LogP contribution < -0.4 is 10.2 Å². The second-order valence-electron chi connectivity index (χ2n) is 5.07. The van der Waals surface area contributed by atoms with Crippen molar-refractivity contribution in [2.45, 2.75) is 12.5 Å². The molecule has 1 fully saturated rings. The summed E-state index contributed by atoms with van der Waals surface area (Å²) in [6, 6.07) is 9.40. The van der Waals surface area contributed by atoms with Gasteiger partial charge in [0.05, 0.1) is 17.1 Å². The van der Waals surface area contributed by atoms with Crippen molar-refractivity contribution in [3.05, 3.63) is 58.3 Å².